The molecule has 0 spiro atoms. The quantitative estimate of drug-likeness (QED) is 0.834. The summed E-state index contributed by atoms with van der Waals surface area (Å²) in [6.45, 7) is 0. The molecule has 0 aromatic heterocycles. The van der Waals surface area contributed by atoms with Crippen LogP contribution in [-0.4, -0.2) is 13.1 Å². The zero-order valence-corrected chi connectivity index (χ0v) is 11.5. The molecule has 1 saturated carbocycles. The maximum Gasteiger partial charge on any atom is 0.0107 e. The highest BCUT2D eigenvalue weighted by Crippen LogP contribution is 2.31. The maximum atomic E-state index is 3.52. The van der Waals surface area contributed by atoms with Gasteiger partial charge in [0.1, 0.15) is 0 Å². The first-order chi connectivity index (χ1) is 8.85. The molecule has 1 N–H and O–H groups in total. The van der Waals surface area contributed by atoms with E-state index in [9.17, 15) is 0 Å². The zero-order chi connectivity index (χ0) is 12.4. The van der Waals surface area contributed by atoms with E-state index in [-0.39, 0.29) is 0 Å². The van der Waals surface area contributed by atoms with Crippen molar-refractivity contribution in [1.82, 2.24) is 5.32 Å². The molecule has 0 radical (unpaired) electrons. The number of benzene rings is 1. The predicted octanol–water partition coefficient (Wildman–Crippen LogP) is 3.50. The minimum absolute atomic E-state index is 0.676. The summed E-state index contributed by atoms with van der Waals surface area (Å²) in [5.41, 5.74) is 4.75. The summed E-state index contributed by atoms with van der Waals surface area (Å²) >= 11 is 0. The van der Waals surface area contributed by atoms with Gasteiger partial charge in [-0.25, -0.2) is 0 Å². The molecule has 0 amide bonds. The van der Waals surface area contributed by atoms with Crippen LogP contribution in [-0.2, 0) is 19.3 Å². The van der Waals surface area contributed by atoms with Crippen LogP contribution in [0.15, 0.2) is 18.2 Å². The lowest BCUT2D eigenvalue weighted by atomic mass is 9.80. The minimum atomic E-state index is 0.676. The van der Waals surface area contributed by atoms with Crippen molar-refractivity contribution in [2.75, 3.05) is 7.05 Å². The number of aryl methyl sites for hydroxylation is 2. The predicted molar refractivity (Wildman–Crippen MR) is 77.0 cm³/mol. The van der Waals surface area contributed by atoms with Crippen molar-refractivity contribution in [2.45, 2.75) is 57.4 Å². The van der Waals surface area contributed by atoms with Crippen molar-refractivity contribution in [1.29, 1.82) is 0 Å². The Morgan fingerprint density at radius 2 is 2.00 bits per heavy atom. The van der Waals surface area contributed by atoms with Crippen LogP contribution in [0.2, 0.25) is 0 Å². The average molecular weight is 243 g/mol. The Morgan fingerprint density at radius 1 is 1.17 bits per heavy atom. The fourth-order valence-electron chi connectivity index (χ4n) is 3.47. The average Bonchev–Trinajstić information content (AvgIpc) is 2.79. The van der Waals surface area contributed by atoms with E-state index in [2.05, 4.69) is 30.6 Å². The number of nitrogens with one attached hydrogen (secondary N) is 1. The molecular weight excluding hydrogens is 218 g/mol. The molecule has 0 heterocycles. The van der Waals surface area contributed by atoms with Crippen LogP contribution >= 0.6 is 0 Å². The lowest BCUT2D eigenvalue weighted by Crippen LogP contribution is -2.32. The second-order valence-corrected chi connectivity index (χ2v) is 6.18. The molecule has 0 bridgehead atoms. The molecule has 0 saturated heterocycles. The van der Waals surface area contributed by atoms with Crippen LogP contribution in [0.3, 0.4) is 0 Å². The van der Waals surface area contributed by atoms with Crippen LogP contribution < -0.4 is 5.32 Å². The fourth-order valence-corrected chi connectivity index (χ4v) is 3.47. The van der Waals surface area contributed by atoms with E-state index < -0.39 is 0 Å². The normalized spacial score (nSPS) is 20.5. The number of rotatable bonds is 5. The highest BCUT2D eigenvalue weighted by Gasteiger charge is 2.21. The minimum Gasteiger partial charge on any atom is -0.317 e. The Kier molecular flexibility index (Phi) is 3.69. The molecule has 2 aliphatic rings. The van der Waals surface area contributed by atoms with Gasteiger partial charge in [0.25, 0.3) is 0 Å². The topological polar surface area (TPSA) is 12.0 Å². The van der Waals surface area contributed by atoms with Crippen molar-refractivity contribution in [3.05, 3.63) is 34.9 Å². The molecule has 1 atom stereocenters. The lowest BCUT2D eigenvalue weighted by molar-refractivity contribution is 0.263. The molecule has 1 heteroatoms. The van der Waals surface area contributed by atoms with Crippen LogP contribution in [0.5, 0.6) is 0 Å². The third-order valence-corrected chi connectivity index (χ3v) is 4.90. The van der Waals surface area contributed by atoms with Crippen molar-refractivity contribution in [3.8, 4) is 0 Å². The van der Waals surface area contributed by atoms with E-state index in [1.165, 1.54) is 56.9 Å². The van der Waals surface area contributed by atoms with Crippen molar-refractivity contribution >= 4 is 0 Å². The van der Waals surface area contributed by atoms with E-state index in [4.69, 9.17) is 0 Å². The highest BCUT2D eigenvalue weighted by molar-refractivity contribution is 5.35. The smallest absolute Gasteiger partial charge is 0.0107 e. The monoisotopic (exact) mass is 243 g/mol. The van der Waals surface area contributed by atoms with Crippen LogP contribution in [0, 0.1) is 5.92 Å². The molecule has 1 fully saturated rings. The Morgan fingerprint density at radius 3 is 2.72 bits per heavy atom. The standard InChI is InChI=1S/C17H25N/c1-18-17(11-13-4-2-5-13)12-14-8-9-15-6-3-7-16(15)10-14/h8-10,13,17-18H,2-7,11-12H2,1H3. The van der Waals surface area contributed by atoms with Crippen molar-refractivity contribution < 1.29 is 0 Å². The summed E-state index contributed by atoms with van der Waals surface area (Å²) in [5.74, 6) is 0.997. The first-order valence-corrected chi connectivity index (χ1v) is 7.63. The molecular formula is C17H25N. The number of likely N-dealkylation sites (N-methyl/N-ethyl adjacent to an activating group) is 1. The van der Waals surface area contributed by atoms with Gasteiger partial charge in [-0.1, -0.05) is 37.5 Å². The van der Waals surface area contributed by atoms with Gasteiger partial charge in [-0.3, -0.25) is 0 Å². The Balaban J connectivity index is 1.63. The largest absolute Gasteiger partial charge is 0.317 e. The summed E-state index contributed by atoms with van der Waals surface area (Å²) in [7, 11) is 2.12. The second kappa shape index (κ2) is 5.44. The molecule has 2 aliphatic carbocycles. The van der Waals surface area contributed by atoms with Gasteiger partial charge in [-0.05, 0) is 61.8 Å². The molecule has 3 rings (SSSR count). The van der Waals surface area contributed by atoms with Crippen LogP contribution in [0.1, 0.15) is 48.8 Å². The van der Waals surface area contributed by atoms with Gasteiger partial charge in [0.05, 0.1) is 0 Å². The summed E-state index contributed by atoms with van der Waals surface area (Å²) in [6, 6.07) is 7.87. The maximum absolute atomic E-state index is 3.52. The Labute approximate surface area is 111 Å². The van der Waals surface area contributed by atoms with E-state index in [0.29, 0.717) is 6.04 Å². The first kappa shape index (κ1) is 12.2. The molecule has 1 aromatic rings. The van der Waals surface area contributed by atoms with Gasteiger partial charge in [0.2, 0.25) is 0 Å². The highest BCUT2D eigenvalue weighted by atomic mass is 14.9. The lowest BCUT2D eigenvalue weighted by Gasteiger charge is -2.29. The van der Waals surface area contributed by atoms with Crippen molar-refractivity contribution in [3.63, 3.8) is 0 Å². The van der Waals surface area contributed by atoms with Gasteiger partial charge in [0, 0.05) is 6.04 Å². The molecule has 1 nitrogen and oxygen atoms in total. The summed E-state index contributed by atoms with van der Waals surface area (Å²) in [4.78, 5) is 0. The van der Waals surface area contributed by atoms with Gasteiger partial charge >= 0.3 is 0 Å². The van der Waals surface area contributed by atoms with E-state index in [1.54, 1.807) is 11.1 Å². The molecule has 98 valence electrons. The fraction of sp³-hybridized carbons (Fsp3) is 0.647. The van der Waals surface area contributed by atoms with Gasteiger partial charge in [-0.15, -0.1) is 0 Å². The first-order valence-electron chi connectivity index (χ1n) is 7.63. The number of hydrogen-bond donors (Lipinski definition) is 1. The molecule has 18 heavy (non-hydrogen) atoms. The third kappa shape index (κ3) is 2.61. The van der Waals surface area contributed by atoms with E-state index in [1.807, 2.05) is 0 Å². The molecule has 1 unspecified atom stereocenters. The zero-order valence-electron chi connectivity index (χ0n) is 11.5. The third-order valence-electron chi connectivity index (χ3n) is 4.90. The van der Waals surface area contributed by atoms with Crippen molar-refractivity contribution in [2.24, 2.45) is 5.92 Å². The van der Waals surface area contributed by atoms with Gasteiger partial charge < -0.3 is 5.32 Å². The number of hydrogen-bond acceptors (Lipinski definition) is 1. The van der Waals surface area contributed by atoms with E-state index >= 15 is 0 Å². The van der Waals surface area contributed by atoms with Gasteiger partial charge in [-0.2, -0.15) is 0 Å². The van der Waals surface area contributed by atoms with Crippen LogP contribution in [0.25, 0.3) is 0 Å². The van der Waals surface area contributed by atoms with Crippen LogP contribution in [0.4, 0.5) is 0 Å². The summed E-state index contributed by atoms with van der Waals surface area (Å²) in [6.07, 6.45) is 10.9. The Bertz CT molecular complexity index is 406. The Hall–Kier alpha value is -0.820. The molecule has 0 aliphatic heterocycles. The summed E-state index contributed by atoms with van der Waals surface area (Å²) in [5, 5.41) is 3.52. The second-order valence-electron chi connectivity index (χ2n) is 6.18. The number of fused-ring (bicyclic) bond motifs is 1. The summed E-state index contributed by atoms with van der Waals surface area (Å²) < 4.78 is 0. The SMILES string of the molecule is CNC(Cc1ccc2c(c1)CCC2)CC1CCC1. The molecule has 1 aromatic carbocycles. The van der Waals surface area contributed by atoms with E-state index in [0.717, 1.165) is 5.92 Å². The van der Waals surface area contributed by atoms with Gasteiger partial charge in [0.15, 0.2) is 0 Å².